The van der Waals surface area contributed by atoms with Crippen molar-refractivity contribution >= 4 is 52.5 Å². The number of allylic oxidation sites excluding steroid dienone is 4. The van der Waals surface area contributed by atoms with Gasteiger partial charge in [0.25, 0.3) is 5.91 Å². The second kappa shape index (κ2) is 18.9. The van der Waals surface area contributed by atoms with Crippen LogP contribution < -0.4 is 37.2 Å². The number of piperidine rings is 2. The minimum atomic E-state index is -0.608. The van der Waals surface area contributed by atoms with E-state index in [1.54, 1.807) is 29.3 Å². The highest BCUT2D eigenvalue weighted by molar-refractivity contribution is 5.99. The number of aromatic nitrogens is 2. The van der Waals surface area contributed by atoms with Gasteiger partial charge in [0.2, 0.25) is 23.7 Å². The third kappa shape index (κ3) is 9.94. The molecule has 1 aromatic heterocycles. The Hall–Kier alpha value is -6.46. The smallest absolute Gasteiger partial charge is 0.250 e. The lowest BCUT2D eigenvalue weighted by Gasteiger charge is -2.35. The summed E-state index contributed by atoms with van der Waals surface area (Å²) in [5.74, 6) is 7.18. The molecule has 4 heterocycles. The lowest BCUT2D eigenvalue weighted by Crippen LogP contribution is -2.51. The van der Waals surface area contributed by atoms with Crippen molar-refractivity contribution in [2.24, 2.45) is 17.1 Å². The number of rotatable bonds is 12. The largest absolute Gasteiger partial charge is 0.371 e. The van der Waals surface area contributed by atoms with Gasteiger partial charge in [-0.2, -0.15) is 4.98 Å². The molecule has 7 N–H and O–H groups in total. The summed E-state index contributed by atoms with van der Waals surface area (Å²) >= 11 is 0. The first-order chi connectivity index (χ1) is 30.4. The van der Waals surface area contributed by atoms with Gasteiger partial charge in [-0.25, -0.2) is 4.98 Å². The third-order valence-corrected chi connectivity index (χ3v) is 13.3. The fourth-order valence-corrected chi connectivity index (χ4v) is 9.38. The van der Waals surface area contributed by atoms with Gasteiger partial charge in [0.15, 0.2) is 0 Å². The van der Waals surface area contributed by atoms with Gasteiger partial charge >= 0.3 is 0 Å². The second-order valence-electron chi connectivity index (χ2n) is 17.7. The van der Waals surface area contributed by atoms with Crippen molar-refractivity contribution in [2.75, 3.05) is 41.7 Å². The van der Waals surface area contributed by atoms with E-state index >= 15 is 0 Å². The number of fused-ring (bicyclic) bond motifs is 1. The number of para-hydroxylation sites is 1. The van der Waals surface area contributed by atoms with Gasteiger partial charge in [0.1, 0.15) is 11.9 Å². The molecule has 3 aromatic rings. The van der Waals surface area contributed by atoms with Crippen LogP contribution >= 0.6 is 0 Å². The summed E-state index contributed by atoms with van der Waals surface area (Å²) in [6, 6.07) is 15.4. The molecule has 63 heavy (non-hydrogen) atoms. The van der Waals surface area contributed by atoms with E-state index in [1.807, 2.05) is 38.1 Å². The average molecular weight is 851 g/mol. The molecule has 3 aliphatic heterocycles. The first kappa shape index (κ1) is 43.2. The molecule has 4 fully saturated rings. The highest BCUT2D eigenvalue weighted by Crippen LogP contribution is 2.44. The van der Waals surface area contributed by atoms with Crippen LogP contribution in [0.4, 0.5) is 28.8 Å². The van der Waals surface area contributed by atoms with Crippen LogP contribution in [0.2, 0.25) is 0 Å². The molecule has 2 atom stereocenters. The van der Waals surface area contributed by atoms with Crippen LogP contribution in [0.25, 0.3) is 0 Å². The van der Waals surface area contributed by atoms with Gasteiger partial charge in [-0.3, -0.25) is 19.2 Å². The van der Waals surface area contributed by atoms with Crippen LogP contribution in [-0.2, 0) is 14.4 Å². The lowest BCUT2D eigenvalue weighted by molar-refractivity contribution is -0.142. The number of anilines is 5. The normalized spacial score (nSPS) is 23.7. The van der Waals surface area contributed by atoms with E-state index in [0.29, 0.717) is 60.6 Å². The maximum absolute atomic E-state index is 13.4. The Bertz CT molecular complexity index is 2380. The highest BCUT2D eigenvalue weighted by Gasteiger charge is 2.50. The molecule has 8 rings (SSSR count). The maximum atomic E-state index is 13.4. The summed E-state index contributed by atoms with van der Waals surface area (Å²) in [6.45, 7) is 10.6. The predicted octanol–water partition coefficient (Wildman–Crippen LogP) is 5.90. The summed E-state index contributed by atoms with van der Waals surface area (Å²) in [5, 5.41) is 16.4. The molecule has 0 bridgehead atoms. The van der Waals surface area contributed by atoms with Gasteiger partial charge in [-0.1, -0.05) is 36.6 Å². The Morgan fingerprint density at radius 3 is 2.48 bits per heavy atom. The SMILES string of the molecule is C=C1CCC(N2CC3=CC(C#CCCNC4CCC(NC(=O)C5CCN(c6ccc(Nc7ncc(C)c(Nc8ccccc8C(N)=O)n7)cc6)CC5)CC4)=CCC3(C)C2=O)C(=O)N1. The molecular weight excluding hydrogens is 793 g/mol. The van der Waals surface area contributed by atoms with E-state index in [2.05, 4.69) is 78.1 Å². The number of amides is 4. The standard InChI is InChI=1S/C49H58N10O4/c1-31-29-52-48(57-44(31)56-41-10-5-4-9-40(41)43(50)60)55-38-16-18-39(19-17-38)58-26-22-34(23-27-58)45(61)54-37-14-12-36(13-15-37)51-25-7-6-8-33-21-24-49(3)35(28-33)30-59(47(49)63)42-20-11-32(2)53-46(42)62/h4-5,9-10,16-19,21,28-29,34,36-37,42,51H,2,7,11-15,20,22-27,30H2,1,3H3,(H2,50,60)(H,53,62)(H,54,61)(H2,52,55,56,57). The minimum Gasteiger partial charge on any atom is -0.371 e. The van der Waals surface area contributed by atoms with Crippen molar-refractivity contribution in [1.82, 2.24) is 30.8 Å². The maximum Gasteiger partial charge on any atom is 0.250 e. The van der Waals surface area contributed by atoms with Crippen LogP contribution in [0.5, 0.6) is 0 Å². The Labute approximate surface area is 369 Å². The zero-order chi connectivity index (χ0) is 44.1. The number of primary amides is 1. The number of nitrogens with two attached hydrogens (primary N) is 1. The third-order valence-electron chi connectivity index (χ3n) is 13.3. The summed E-state index contributed by atoms with van der Waals surface area (Å²) in [4.78, 5) is 64.4. The summed E-state index contributed by atoms with van der Waals surface area (Å²) in [7, 11) is 0. The van der Waals surface area contributed by atoms with Gasteiger partial charge in [0, 0.05) is 85.0 Å². The van der Waals surface area contributed by atoms with Crippen molar-refractivity contribution in [2.45, 2.75) is 96.2 Å². The molecule has 4 amide bonds. The van der Waals surface area contributed by atoms with Crippen LogP contribution in [-0.4, -0.2) is 82.8 Å². The van der Waals surface area contributed by atoms with Crippen molar-refractivity contribution in [1.29, 1.82) is 0 Å². The van der Waals surface area contributed by atoms with E-state index in [1.165, 1.54) is 0 Å². The topological polar surface area (TPSA) is 187 Å². The first-order valence-electron chi connectivity index (χ1n) is 22.3. The number of carbonyl (C=O) groups is 4. The van der Waals surface area contributed by atoms with Gasteiger partial charge in [-0.05, 0) is 120 Å². The number of hydrogen-bond acceptors (Lipinski definition) is 10. The fourth-order valence-electron chi connectivity index (χ4n) is 9.38. The molecule has 0 radical (unpaired) electrons. The Balaban J connectivity index is 0.725. The van der Waals surface area contributed by atoms with Crippen molar-refractivity contribution in [3.05, 3.63) is 101 Å². The Kier molecular flexibility index (Phi) is 12.9. The van der Waals surface area contributed by atoms with Crippen molar-refractivity contribution in [3.8, 4) is 11.8 Å². The zero-order valence-corrected chi connectivity index (χ0v) is 36.3. The molecule has 0 spiro atoms. The van der Waals surface area contributed by atoms with Crippen LogP contribution in [0.3, 0.4) is 0 Å². The van der Waals surface area contributed by atoms with E-state index < -0.39 is 17.4 Å². The number of benzene rings is 2. The second-order valence-corrected chi connectivity index (χ2v) is 17.7. The molecule has 2 aliphatic carbocycles. The Morgan fingerprint density at radius 1 is 0.984 bits per heavy atom. The zero-order valence-electron chi connectivity index (χ0n) is 36.3. The molecule has 328 valence electrons. The number of nitrogens with one attached hydrogen (secondary N) is 5. The Morgan fingerprint density at radius 2 is 1.73 bits per heavy atom. The van der Waals surface area contributed by atoms with Gasteiger partial charge in [-0.15, -0.1) is 0 Å². The molecule has 5 aliphatic rings. The van der Waals surface area contributed by atoms with Gasteiger partial charge < -0.3 is 42.1 Å². The quantitative estimate of drug-likeness (QED) is 0.0948. The monoisotopic (exact) mass is 850 g/mol. The average Bonchev–Trinajstić information content (AvgIpc) is 3.54. The predicted molar refractivity (Wildman–Crippen MR) is 245 cm³/mol. The molecule has 14 nitrogen and oxygen atoms in total. The molecule has 1 saturated carbocycles. The molecule has 2 aromatic carbocycles. The van der Waals surface area contributed by atoms with Crippen molar-refractivity contribution in [3.63, 3.8) is 0 Å². The number of nitrogens with zero attached hydrogens (tertiary/aromatic N) is 4. The number of aryl methyl sites for hydroxylation is 1. The summed E-state index contributed by atoms with van der Waals surface area (Å²) < 4.78 is 0. The van der Waals surface area contributed by atoms with E-state index in [4.69, 9.17) is 5.73 Å². The number of likely N-dealkylation sites (tertiary alicyclic amines) is 1. The van der Waals surface area contributed by atoms with E-state index in [-0.39, 0.29) is 29.7 Å². The first-order valence-corrected chi connectivity index (χ1v) is 22.3. The fraction of sp³-hybridized carbons (Fsp3) is 0.429. The molecular formula is C49H58N10O4. The van der Waals surface area contributed by atoms with E-state index in [9.17, 15) is 19.2 Å². The minimum absolute atomic E-state index is 0.0177. The molecule has 14 heteroatoms. The van der Waals surface area contributed by atoms with Gasteiger partial charge in [0.05, 0.1) is 16.7 Å². The van der Waals surface area contributed by atoms with Crippen LogP contribution in [0.15, 0.2) is 90.3 Å². The molecule has 2 unspecified atom stereocenters. The van der Waals surface area contributed by atoms with Crippen LogP contribution in [0.1, 0.15) is 87.1 Å². The van der Waals surface area contributed by atoms with E-state index in [0.717, 1.165) is 92.7 Å². The number of hydrogen-bond donors (Lipinski definition) is 6. The number of carbonyl (C=O) groups excluding carboxylic acids is 4. The van der Waals surface area contributed by atoms with Crippen LogP contribution in [0, 0.1) is 30.1 Å². The highest BCUT2D eigenvalue weighted by atomic mass is 16.2. The van der Waals surface area contributed by atoms with Crippen molar-refractivity contribution < 1.29 is 19.2 Å². The summed E-state index contributed by atoms with van der Waals surface area (Å²) in [6.07, 6.45) is 14.1. The summed E-state index contributed by atoms with van der Waals surface area (Å²) in [5.41, 5.74) is 11.4. The molecule has 3 saturated heterocycles. The lowest BCUT2D eigenvalue weighted by atomic mass is 9.77.